The smallest absolute Gasteiger partial charge is 0.119 e. The van der Waals surface area contributed by atoms with Crippen molar-refractivity contribution in [3.63, 3.8) is 0 Å². The summed E-state index contributed by atoms with van der Waals surface area (Å²) in [7, 11) is 0. The van der Waals surface area contributed by atoms with Crippen LogP contribution in [0.5, 0.6) is 5.75 Å². The molecule has 0 bridgehead atoms. The van der Waals surface area contributed by atoms with Gasteiger partial charge in [-0.2, -0.15) is 0 Å². The van der Waals surface area contributed by atoms with E-state index in [1.165, 1.54) is 5.56 Å². The fourth-order valence-corrected chi connectivity index (χ4v) is 2.07. The number of rotatable bonds is 5. The summed E-state index contributed by atoms with van der Waals surface area (Å²) in [6.45, 7) is 7.10. The van der Waals surface area contributed by atoms with Crippen molar-refractivity contribution in [2.75, 3.05) is 39.3 Å². The molecule has 1 aliphatic heterocycles. The average molecular weight is 287 g/mol. The number of nitrogens with one attached hydrogen (secondary N) is 1. The monoisotopic (exact) mass is 286 g/mol. The van der Waals surface area contributed by atoms with Gasteiger partial charge in [0.1, 0.15) is 18.5 Å². The molecule has 1 atom stereocenters. The van der Waals surface area contributed by atoms with Crippen molar-refractivity contribution in [3.05, 3.63) is 29.8 Å². The maximum Gasteiger partial charge on any atom is 0.119 e. The highest BCUT2D eigenvalue weighted by Gasteiger charge is 2.14. The van der Waals surface area contributed by atoms with Gasteiger partial charge in [0, 0.05) is 32.7 Å². The summed E-state index contributed by atoms with van der Waals surface area (Å²) < 4.78 is 5.57. The van der Waals surface area contributed by atoms with Gasteiger partial charge in [-0.3, -0.25) is 4.90 Å². The zero-order valence-corrected chi connectivity index (χ0v) is 12.2. The van der Waals surface area contributed by atoms with Crippen LogP contribution in [-0.2, 0) is 0 Å². The summed E-state index contributed by atoms with van der Waals surface area (Å²) in [5.41, 5.74) is 1.21. The highest BCUT2D eigenvalue weighted by molar-refractivity contribution is 5.85. The lowest BCUT2D eigenvalue weighted by atomic mass is 10.2. The van der Waals surface area contributed by atoms with E-state index in [0.717, 1.165) is 31.9 Å². The minimum Gasteiger partial charge on any atom is -0.491 e. The minimum atomic E-state index is -0.426. The molecule has 5 heteroatoms. The third-order valence-electron chi connectivity index (χ3n) is 3.14. The molecule has 0 spiro atoms. The van der Waals surface area contributed by atoms with E-state index in [2.05, 4.69) is 10.2 Å². The third kappa shape index (κ3) is 5.78. The number of benzene rings is 1. The molecule has 0 saturated carbocycles. The molecule has 19 heavy (non-hydrogen) atoms. The van der Waals surface area contributed by atoms with Crippen molar-refractivity contribution in [2.45, 2.75) is 13.0 Å². The molecule has 1 fully saturated rings. The van der Waals surface area contributed by atoms with Gasteiger partial charge in [-0.25, -0.2) is 0 Å². The van der Waals surface area contributed by atoms with E-state index in [-0.39, 0.29) is 12.4 Å². The highest BCUT2D eigenvalue weighted by Crippen LogP contribution is 2.11. The Kier molecular flexibility index (Phi) is 7.16. The van der Waals surface area contributed by atoms with E-state index >= 15 is 0 Å². The lowest BCUT2D eigenvalue weighted by Crippen LogP contribution is -2.47. The second-order valence-electron chi connectivity index (χ2n) is 4.83. The maximum absolute atomic E-state index is 9.93. The van der Waals surface area contributed by atoms with Crippen LogP contribution in [0.25, 0.3) is 0 Å². The Morgan fingerprint density at radius 2 is 1.89 bits per heavy atom. The number of halogens is 1. The molecule has 4 nitrogen and oxygen atoms in total. The van der Waals surface area contributed by atoms with E-state index in [4.69, 9.17) is 4.74 Å². The van der Waals surface area contributed by atoms with Crippen LogP contribution >= 0.6 is 12.4 Å². The van der Waals surface area contributed by atoms with Gasteiger partial charge in [-0.1, -0.05) is 17.7 Å². The first-order valence-electron chi connectivity index (χ1n) is 6.54. The van der Waals surface area contributed by atoms with Gasteiger partial charge in [0.15, 0.2) is 0 Å². The number of β-amino-alcohol motifs (C(OH)–C–C–N with tert-alkyl or cyclic N) is 1. The number of piperazine rings is 1. The number of hydrogen-bond donors (Lipinski definition) is 2. The molecule has 0 aromatic heterocycles. The van der Waals surface area contributed by atoms with Crippen LogP contribution in [-0.4, -0.2) is 55.4 Å². The van der Waals surface area contributed by atoms with Crippen LogP contribution in [0.4, 0.5) is 0 Å². The zero-order chi connectivity index (χ0) is 12.8. The summed E-state index contributed by atoms with van der Waals surface area (Å²) in [6.07, 6.45) is -0.426. The Morgan fingerprint density at radius 3 is 2.53 bits per heavy atom. The number of hydrogen-bond acceptors (Lipinski definition) is 4. The van der Waals surface area contributed by atoms with Crippen molar-refractivity contribution >= 4 is 12.4 Å². The molecule has 2 rings (SSSR count). The number of nitrogens with zero attached hydrogens (tertiary/aromatic N) is 1. The van der Waals surface area contributed by atoms with Crippen LogP contribution in [0.15, 0.2) is 24.3 Å². The molecule has 1 heterocycles. The van der Waals surface area contributed by atoms with Gasteiger partial charge in [0.2, 0.25) is 0 Å². The van der Waals surface area contributed by atoms with Crippen molar-refractivity contribution in [2.24, 2.45) is 0 Å². The number of ether oxygens (including phenoxy) is 1. The van der Waals surface area contributed by atoms with Crippen molar-refractivity contribution in [1.82, 2.24) is 10.2 Å². The molecule has 2 N–H and O–H groups in total. The fraction of sp³-hybridized carbons (Fsp3) is 0.571. The molecule has 0 radical (unpaired) electrons. The van der Waals surface area contributed by atoms with Crippen molar-refractivity contribution in [1.29, 1.82) is 0 Å². The quantitative estimate of drug-likeness (QED) is 0.850. The van der Waals surface area contributed by atoms with Gasteiger partial charge in [0.25, 0.3) is 0 Å². The van der Waals surface area contributed by atoms with Gasteiger partial charge < -0.3 is 15.2 Å². The molecule has 1 saturated heterocycles. The Labute approximate surface area is 121 Å². The molecule has 1 aliphatic rings. The lowest BCUT2D eigenvalue weighted by molar-refractivity contribution is 0.0641. The zero-order valence-electron chi connectivity index (χ0n) is 11.3. The molecular formula is C14H23ClN2O2. The summed E-state index contributed by atoms with van der Waals surface area (Å²) in [5.74, 6) is 0.819. The van der Waals surface area contributed by atoms with Gasteiger partial charge in [-0.15, -0.1) is 12.4 Å². The SMILES string of the molecule is Cc1ccc(OCC(O)CN2CCNCC2)cc1.Cl. The van der Waals surface area contributed by atoms with E-state index in [9.17, 15) is 5.11 Å². The normalized spacial score (nSPS) is 17.6. The van der Waals surface area contributed by atoms with Crippen molar-refractivity contribution < 1.29 is 9.84 Å². The summed E-state index contributed by atoms with van der Waals surface area (Å²) in [6, 6.07) is 7.90. The summed E-state index contributed by atoms with van der Waals surface area (Å²) >= 11 is 0. The number of aryl methyl sites for hydroxylation is 1. The third-order valence-corrected chi connectivity index (χ3v) is 3.14. The van der Waals surface area contributed by atoms with Crippen LogP contribution in [0.1, 0.15) is 5.56 Å². The molecule has 1 aromatic carbocycles. The Balaban J connectivity index is 0.00000180. The first-order valence-corrected chi connectivity index (χ1v) is 6.54. The Bertz CT molecular complexity index is 353. The molecule has 108 valence electrons. The Hall–Kier alpha value is -0.810. The van der Waals surface area contributed by atoms with Crippen LogP contribution in [0.3, 0.4) is 0 Å². The van der Waals surface area contributed by atoms with Crippen LogP contribution in [0, 0.1) is 6.92 Å². The standard InChI is InChI=1S/C14H22N2O2.ClH/c1-12-2-4-14(5-3-12)18-11-13(17)10-16-8-6-15-7-9-16;/h2-5,13,15,17H,6-11H2,1H3;1H. The maximum atomic E-state index is 9.93. The first kappa shape index (κ1) is 16.2. The van der Waals surface area contributed by atoms with E-state index < -0.39 is 6.10 Å². The topological polar surface area (TPSA) is 44.7 Å². The predicted molar refractivity (Wildman–Crippen MR) is 79.2 cm³/mol. The largest absolute Gasteiger partial charge is 0.491 e. The van der Waals surface area contributed by atoms with E-state index in [1.54, 1.807) is 0 Å². The van der Waals surface area contributed by atoms with E-state index in [1.807, 2.05) is 31.2 Å². The number of aliphatic hydroxyl groups is 1. The Morgan fingerprint density at radius 1 is 1.26 bits per heavy atom. The molecule has 0 amide bonds. The molecule has 1 aromatic rings. The summed E-state index contributed by atoms with van der Waals surface area (Å²) in [5, 5.41) is 13.2. The van der Waals surface area contributed by atoms with Crippen LogP contribution < -0.4 is 10.1 Å². The second-order valence-corrected chi connectivity index (χ2v) is 4.83. The van der Waals surface area contributed by atoms with Crippen LogP contribution in [0.2, 0.25) is 0 Å². The minimum absolute atomic E-state index is 0. The second kappa shape index (κ2) is 8.38. The van der Waals surface area contributed by atoms with Gasteiger partial charge in [0.05, 0.1) is 0 Å². The average Bonchev–Trinajstić information content (AvgIpc) is 2.39. The lowest BCUT2D eigenvalue weighted by Gasteiger charge is -2.29. The van der Waals surface area contributed by atoms with Gasteiger partial charge >= 0.3 is 0 Å². The number of aliphatic hydroxyl groups excluding tert-OH is 1. The van der Waals surface area contributed by atoms with Crippen molar-refractivity contribution in [3.8, 4) is 5.75 Å². The fourth-order valence-electron chi connectivity index (χ4n) is 2.07. The molecule has 0 aliphatic carbocycles. The summed E-state index contributed by atoms with van der Waals surface area (Å²) in [4.78, 5) is 2.26. The first-order chi connectivity index (χ1) is 8.74. The molecular weight excluding hydrogens is 264 g/mol. The highest BCUT2D eigenvalue weighted by atomic mass is 35.5. The van der Waals surface area contributed by atoms with E-state index in [0.29, 0.717) is 13.2 Å². The van der Waals surface area contributed by atoms with Gasteiger partial charge in [-0.05, 0) is 19.1 Å². The molecule has 1 unspecified atom stereocenters. The predicted octanol–water partition coefficient (Wildman–Crippen LogP) is 1.06.